The predicted octanol–water partition coefficient (Wildman–Crippen LogP) is 5.79. The fourth-order valence-corrected chi connectivity index (χ4v) is 4.59. The maximum Gasteiger partial charge on any atom is 0.349 e. The molecule has 0 aliphatic heterocycles. The number of carbonyl (C=O) groups excluding carboxylic acids is 1. The number of nitrogens with one attached hydrogen (secondary N) is 2. The lowest BCUT2D eigenvalue weighted by Gasteiger charge is -2.18. The van der Waals surface area contributed by atoms with E-state index >= 15 is 0 Å². The molecule has 1 atom stereocenters. The highest BCUT2D eigenvalue weighted by Gasteiger charge is 2.18. The Morgan fingerprint density at radius 2 is 1.97 bits per heavy atom. The second-order valence-electron chi connectivity index (χ2n) is 6.27. The lowest BCUT2D eigenvalue weighted by molar-refractivity contribution is 0.0606. The number of carbonyl (C=O) groups is 1. The first-order valence-corrected chi connectivity index (χ1v) is 10.6. The van der Waals surface area contributed by atoms with Crippen molar-refractivity contribution in [1.82, 2.24) is 5.32 Å². The van der Waals surface area contributed by atoms with Crippen molar-refractivity contribution in [3.8, 4) is 5.75 Å². The van der Waals surface area contributed by atoms with Gasteiger partial charge >= 0.3 is 5.97 Å². The molecule has 152 valence electrons. The molecule has 1 unspecified atom stereocenters. The molecule has 0 amide bonds. The van der Waals surface area contributed by atoms with Gasteiger partial charge in [0, 0.05) is 15.8 Å². The van der Waals surface area contributed by atoms with E-state index in [2.05, 4.69) is 10.6 Å². The van der Waals surface area contributed by atoms with Gasteiger partial charge in [-0.05, 0) is 62.0 Å². The zero-order valence-corrected chi connectivity index (χ0v) is 18.6. The molecule has 0 aliphatic carbocycles. The van der Waals surface area contributed by atoms with Gasteiger partial charge in [0.25, 0.3) is 0 Å². The topological polar surface area (TPSA) is 59.6 Å². The molecule has 2 aromatic carbocycles. The molecule has 0 radical (unpaired) electrons. The van der Waals surface area contributed by atoms with Crippen LogP contribution < -0.4 is 15.4 Å². The summed E-state index contributed by atoms with van der Waals surface area (Å²) in [6, 6.07) is 13.6. The Kier molecular flexibility index (Phi) is 6.95. The number of methoxy groups -OCH3 is 1. The second kappa shape index (κ2) is 9.43. The van der Waals surface area contributed by atoms with Crippen molar-refractivity contribution < 1.29 is 14.3 Å². The molecule has 5 nitrogen and oxygen atoms in total. The Bertz CT molecular complexity index is 1030. The van der Waals surface area contributed by atoms with E-state index in [1.807, 2.05) is 56.3 Å². The summed E-state index contributed by atoms with van der Waals surface area (Å²) in [6.07, 6.45) is 0. The summed E-state index contributed by atoms with van der Waals surface area (Å²) in [6.45, 7) is 4.64. The molecule has 8 heteroatoms. The smallest absolute Gasteiger partial charge is 0.349 e. The highest BCUT2D eigenvalue weighted by atomic mass is 35.5. The van der Waals surface area contributed by atoms with Crippen molar-refractivity contribution in [2.75, 3.05) is 19.0 Å². The van der Waals surface area contributed by atoms with Crippen LogP contribution >= 0.6 is 35.2 Å². The predicted molar refractivity (Wildman–Crippen MR) is 124 cm³/mol. The lowest BCUT2D eigenvalue weighted by atomic mass is 10.1. The third-order valence-electron chi connectivity index (χ3n) is 4.30. The molecule has 0 spiro atoms. The molecule has 3 aromatic rings. The molecule has 0 saturated carbocycles. The van der Waals surface area contributed by atoms with Crippen molar-refractivity contribution >= 4 is 62.0 Å². The standard InChI is InChI=1S/C21H21ClN2O3S2/c1-4-27-15-8-5-13(6-9-15)12(2)23-21(28)24-14-7-10-16-17(11-14)29-19(18(16)22)20(25)26-3/h5-12H,4H2,1-3H3,(H2,23,24,28). The highest BCUT2D eigenvalue weighted by Crippen LogP contribution is 2.37. The summed E-state index contributed by atoms with van der Waals surface area (Å²) in [5, 5.41) is 8.17. The van der Waals surface area contributed by atoms with E-state index in [9.17, 15) is 4.79 Å². The van der Waals surface area contributed by atoms with Gasteiger partial charge in [0.15, 0.2) is 5.11 Å². The van der Waals surface area contributed by atoms with Crippen LogP contribution in [0.4, 0.5) is 5.69 Å². The maximum atomic E-state index is 11.8. The first kappa shape index (κ1) is 21.4. The van der Waals surface area contributed by atoms with Crippen LogP contribution in [-0.4, -0.2) is 24.8 Å². The number of ether oxygens (including phenoxy) is 2. The van der Waals surface area contributed by atoms with E-state index < -0.39 is 5.97 Å². The third kappa shape index (κ3) is 4.98. The van der Waals surface area contributed by atoms with Gasteiger partial charge in [-0.3, -0.25) is 0 Å². The van der Waals surface area contributed by atoms with Crippen LogP contribution in [0.2, 0.25) is 5.02 Å². The molecule has 0 bridgehead atoms. The number of esters is 1. The summed E-state index contributed by atoms with van der Waals surface area (Å²) >= 11 is 13.0. The van der Waals surface area contributed by atoms with Crippen LogP contribution in [0, 0.1) is 0 Å². The summed E-state index contributed by atoms with van der Waals surface area (Å²) in [5.74, 6) is 0.408. The second-order valence-corrected chi connectivity index (χ2v) is 8.11. The molecule has 1 aromatic heterocycles. The van der Waals surface area contributed by atoms with Crippen LogP contribution in [-0.2, 0) is 4.74 Å². The Morgan fingerprint density at radius 1 is 1.24 bits per heavy atom. The van der Waals surface area contributed by atoms with Crippen LogP contribution in [0.25, 0.3) is 10.1 Å². The Morgan fingerprint density at radius 3 is 2.62 bits per heavy atom. The molecular formula is C21H21ClN2O3S2. The third-order valence-corrected chi connectivity index (χ3v) is 6.15. The number of anilines is 1. The van der Waals surface area contributed by atoms with Crippen molar-refractivity contribution in [3.05, 3.63) is 57.9 Å². The van der Waals surface area contributed by atoms with Crippen molar-refractivity contribution in [2.24, 2.45) is 0 Å². The summed E-state index contributed by atoms with van der Waals surface area (Å²) in [7, 11) is 1.34. The van der Waals surface area contributed by atoms with Crippen LogP contribution in [0.15, 0.2) is 42.5 Å². The van der Waals surface area contributed by atoms with Crippen molar-refractivity contribution in [3.63, 3.8) is 0 Å². The van der Waals surface area contributed by atoms with E-state index in [4.69, 9.17) is 33.3 Å². The van der Waals surface area contributed by atoms with Gasteiger partial charge < -0.3 is 20.1 Å². The zero-order chi connectivity index (χ0) is 21.0. The summed E-state index contributed by atoms with van der Waals surface area (Å²) < 4.78 is 11.1. The molecule has 0 saturated heterocycles. The number of benzene rings is 2. The SMILES string of the molecule is CCOc1ccc(C(C)NC(=S)Nc2ccc3c(Cl)c(C(=O)OC)sc3c2)cc1. The summed E-state index contributed by atoms with van der Waals surface area (Å²) in [5.41, 5.74) is 1.91. The Balaban J connectivity index is 1.68. The molecule has 2 N–H and O–H groups in total. The minimum absolute atomic E-state index is 0.0246. The minimum atomic E-state index is -0.438. The van der Waals surface area contributed by atoms with Gasteiger partial charge in [0.05, 0.1) is 24.8 Å². The van der Waals surface area contributed by atoms with Crippen LogP contribution in [0.1, 0.15) is 35.1 Å². The van der Waals surface area contributed by atoms with Crippen LogP contribution in [0.3, 0.4) is 0 Å². The van der Waals surface area contributed by atoms with Gasteiger partial charge in [-0.2, -0.15) is 0 Å². The molecule has 29 heavy (non-hydrogen) atoms. The number of rotatable bonds is 6. The number of thiophene rings is 1. The normalized spacial score (nSPS) is 11.7. The van der Waals surface area contributed by atoms with Crippen molar-refractivity contribution in [1.29, 1.82) is 0 Å². The minimum Gasteiger partial charge on any atom is -0.494 e. The molecule has 3 rings (SSSR count). The van der Waals surface area contributed by atoms with Gasteiger partial charge in [0.2, 0.25) is 0 Å². The first-order chi connectivity index (χ1) is 13.9. The monoisotopic (exact) mass is 448 g/mol. The number of hydrogen-bond donors (Lipinski definition) is 2. The lowest BCUT2D eigenvalue weighted by Crippen LogP contribution is -2.30. The Labute approximate surface area is 184 Å². The maximum absolute atomic E-state index is 11.8. The van der Waals surface area contributed by atoms with E-state index in [-0.39, 0.29) is 6.04 Å². The van der Waals surface area contributed by atoms with Gasteiger partial charge in [-0.25, -0.2) is 4.79 Å². The van der Waals surface area contributed by atoms with E-state index in [0.29, 0.717) is 21.6 Å². The summed E-state index contributed by atoms with van der Waals surface area (Å²) in [4.78, 5) is 12.2. The van der Waals surface area contributed by atoms with Gasteiger partial charge in [0.1, 0.15) is 10.6 Å². The quantitative estimate of drug-likeness (QED) is 0.367. The molecule has 0 fully saturated rings. The van der Waals surface area contributed by atoms with E-state index in [1.54, 1.807) is 0 Å². The largest absolute Gasteiger partial charge is 0.494 e. The molecular weight excluding hydrogens is 428 g/mol. The fraction of sp³-hybridized carbons (Fsp3) is 0.238. The van der Waals surface area contributed by atoms with Crippen LogP contribution in [0.5, 0.6) is 5.75 Å². The first-order valence-electron chi connectivity index (χ1n) is 9.03. The fourth-order valence-electron chi connectivity index (χ4n) is 2.83. The van der Waals surface area contributed by atoms with Crippen molar-refractivity contribution in [2.45, 2.75) is 19.9 Å². The average molecular weight is 449 g/mol. The number of hydrogen-bond acceptors (Lipinski definition) is 5. The molecule has 0 aliphatic rings. The molecule has 1 heterocycles. The zero-order valence-electron chi connectivity index (χ0n) is 16.2. The highest BCUT2D eigenvalue weighted by molar-refractivity contribution is 7.80. The number of thiocarbonyl (C=S) groups is 1. The Hall–Kier alpha value is -2.35. The number of halogens is 1. The van der Waals surface area contributed by atoms with E-state index in [1.165, 1.54) is 18.4 Å². The average Bonchev–Trinajstić information content (AvgIpc) is 3.04. The van der Waals surface area contributed by atoms with Gasteiger partial charge in [-0.1, -0.05) is 23.7 Å². The van der Waals surface area contributed by atoms with Gasteiger partial charge in [-0.15, -0.1) is 11.3 Å². The number of fused-ring (bicyclic) bond motifs is 1. The van der Waals surface area contributed by atoms with E-state index in [0.717, 1.165) is 27.1 Å².